The molecule has 0 saturated heterocycles. The van der Waals surface area contributed by atoms with Gasteiger partial charge in [0.2, 0.25) is 0 Å². The van der Waals surface area contributed by atoms with Gasteiger partial charge in [-0.15, -0.1) is 37.7 Å². The van der Waals surface area contributed by atoms with Crippen molar-refractivity contribution in [3.63, 3.8) is 0 Å². The number of rotatable bonds is 4. The van der Waals surface area contributed by atoms with E-state index in [-0.39, 0.29) is 50.5 Å². The normalized spacial score (nSPS) is 14.2. The molecule has 2 aliphatic rings. The molecule has 0 aliphatic heterocycles. The Bertz CT molecular complexity index is 509. The Morgan fingerprint density at radius 1 is 0.733 bits per heavy atom. The van der Waals surface area contributed by atoms with Crippen molar-refractivity contribution in [3.05, 3.63) is 61.4 Å². The molecule has 0 unspecified atom stereocenters. The van der Waals surface area contributed by atoms with Crippen molar-refractivity contribution < 1.29 is 19.2 Å². The fourth-order valence-electron chi connectivity index (χ4n) is 2.96. The summed E-state index contributed by atoms with van der Waals surface area (Å²) in [5.41, 5.74) is 6.48. The first-order valence-corrected chi connectivity index (χ1v) is 14.1. The van der Waals surface area contributed by atoms with Crippen molar-refractivity contribution in [1.82, 2.24) is 0 Å². The van der Waals surface area contributed by atoms with Gasteiger partial charge in [0.1, 0.15) is 0 Å². The molecule has 178 valence electrons. The standard InChI is InChI=1S/2C12H19.2CH3.2ClH.H2Si.Ti/c2*1-5-6-10-7-8-11(9-10)12(2,3)4;;;;;;/h2*9H,5-7H2,1-4H3;2*1H3;2*1H;1H2;/q4*-1;;;;. The third-order valence-electron chi connectivity index (χ3n) is 4.47. The van der Waals surface area contributed by atoms with E-state index in [4.69, 9.17) is 0 Å². The predicted octanol–water partition coefficient (Wildman–Crippen LogP) is 8.61. The van der Waals surface area contributed by atoms with Crippen LogP contribution in [0.4, 0.5) is 0 Å². The molecule has 0 saturated carbocycles. The molecule has 0 aromatic heterocycles. The second-order valence-electron chi connectivity index (χ2n) is 9.14. The summed E-state index contributed by atoms with van der Waals surface area (Å²) in [5, 5.41) is 0. The molecule has 0 spiro atoms. The van der Waals surface area contributed by atoms with Crippen molar-refractivity contribution in [2.45, 2.75) is 93.9 Å². The van der Waals surface area contributed by atoms with E-state index in [1.807, 2.05) is 26.8 Å². The van der Waals surface area contributed by atoms with Crippen LogP contribution < -0.4 is 0 Å². The van der Waals surface area contributed by atoms with Crippen LogP contribution in [0.5, 0.6) is 0 Å². The van der Waals surface area contributed by atoms with E-state index in [1.54, 1.807) is 11.1 Å². The van der Waals surface area contributed by atoms with E-state index in [2.05, 4.69) is 79.7 Å². The zero-order valence-electron chi connectivity index (χ0n) is 21.4. The summed E-state index contributed by atoms with van der Waals surface area (Å²) in [5.74, 6) is 0. The molecule has 0 heterocycles. The summed E-state index contributed by atoms with van der Waals surface area (Å²) in [6.07, 6.45) is 18.7. The van der Waals surface area contributed by atoms with Gasteiger partial charge in [-0.25, -0.2) is 23.3 Å². The van der Waals surface area contributed by atoms with Gasteiger partial charge in [0.05, 0.1) is 0 Å². The van der Waals surface area contributed by atoms with Gasteiger partial charge in [-0.1, -0.05) is 68.2 Å². The quantitative estimate of drug-likeness (QED) is 0.264. The van der Waals surface area contributed by atoms with Crippen LogP contribution >= 0.6 is 24.8 Å². The van der Waals surface area contributed by atoms with Crippen LogP contribution in [0.15, 0.2) is 34.4 Å². The molecule has 0 atom stereocenters. The zero-order valence-corrected chi connectivity index (χ0v) is 26.0. The molecule has 2 aliphatic carbocycles. The summed E-state index contributed by atoms with van der Waals surface area (Å²) in [6, 6.07) is 0. The van der Waals surface area contributed by atoms with Gasteiger partial charge < -0.3 is 14.9 Å². The fourth-order valence-corrected chi connectivity index (χ4v) is 2.96. The van der Waals surface area contributed by atoms with E-state index in [0.717, 1.165) is 12.8 Å². The minimum absolute atomic E-state index is 0. The maximum atomic E-state index is 3.46. The molecule has 0 bridgehead atoms. The molecular formula is C26H48Cl2SiTi-4. The van der Waals surface area contributed by atoms with Gasteiger partial charge in [0.15, 0.2) is 0 Å². The molecule has 0 aromatic rings. The maximum absolute atomic E-state index is 3.46. The predicted molar refractivity (Wildman–Crippen MR) is 144 cm³/mol. The molecule has 0 fully saturated rings. The average molecular weight is 508 g/mol. The second-order valence-corrected chi connectivity index (χ2v) is 9.14. The Morgan fingerprint density at radius 2 is 1.00 bits per heavy atom. The third-order valence-corrected chi connectivity index (χ3v) is 4.47. The number of halogens is 2. The fraction of sp³-hybridized carbons (Fsp3) is 0.615. The van der Waals surface area contributed by atoms with Gasteiger partial charge in [0.25, 0.3) is 0 Å². The number of allylic oxidation sites excluding steroid dienone is 8. The van der Waals surface area contributed by atoms with Gasteiger partial charge >= 0.3 is 26.8 Å². The van der Waals surface area contributed by atoms with Crippen LogP contribution in [-0.2, 0) is 19.2 Å². The van der Waals surface area contributed by atoms with Gasteiger partial charge in [-0.3, -0.25) is 12.2 Å². The monoisotopic (exact) mass is 506 g/mol. The van der Waals surface area contributed by atoms with Crippen molar-refractivity contribution in [2.24, 2.45) is 10.8 Å². The van der Waals surface area contributed by atoms with Crippen LogP contribution in [0.2, 0.25) is 0 Å². The minimum atomic E-state index is 0. The van der Waals surface area contributed by atoms with Gasteiger partial charge in [-0.05, 0) is 23.7 Å². The van der Waals surface area contributed by atoms with E-state index in [1.165, 1.54) is 36.8 Å². The Balaban J connectivity index is -0.000000114. The molecule has 30 heavy (non-hydrogen) atoms. The number of hydrogen-bond donors (Lipinski definition) is 0. The Labute approximate surface area is 216 Å². The van der Waals surface area contributed by atoms with Crippen LogP contribution in [0.1, 0.15) is 93.9 Å². The Hall–Kier alpha value is 0.471. The van der Waals surface area contributed by atoms with Gasteiger partial charge in [0, 0.05) is 0 Å². The molecule has 0 aromatic carbocycles. The van der Waals surface area contributed by atoms with Crippen LogP contribution in [0, 0.1) is 37.8 Å². The summed E-state index contributed by atoms with van der Waals surface area (Å²) >= 11 is 2.03. The van der Waals surface area contributed by atoms with E-state index in [9.17, 15) is 0 Å². The molecule has 4 heteroatoms. The topological polar surface area (TPSA) is 0 Å². The Morgan fingerprint density at radius 3 is 1.17 bits per heavy atom. The molecule has 0 nitrogen and oxygen atoms in total. The average Bonchev–Trinajstić information content (AvgIpc) is 3.19. The third kappa shape index (κ3) is 16.2. The van der Waals surface area contributed by atoms with Crippen LogP contribution in [0.25, 0.3) is 0 Å². The SMILES string of the molecule is CCCC1=CC(C(C)(C)C)=[C-]C1.CCCC1=CC(C(C)(C)C)=[C-]C1.Cl.Cl.[CH3-].[CH3-].[SiH2]=[Ti]. The number of hydrogen-bond acceptors (Lipinski definition) is 0. The summed E-state index contributed by atoms with van der Waals surface area (Å²) < 4.78 is 0. The van der Waals surface area contributed by atoms with Crippen molar-refractivity contribution in [2.75, 3.05) is 0 Å². The zero-order chi connectivity index (χ0) is 20.4. The van der Waals surface area contributed by atoms with E-state index in [0.29, 0.717) is 0 Å². The first kappa shape index (κ1) is 40.8. The summed E-state index contributed by atoms with van der Waals surface area (Å²) in [4.78, 5) is 0. The molecule has 0 N–H and O–H groups in total. The van der Waals surface area contributed by atoms with Crippen molar-refractivity contribution in [3.8, 4) is 0 Å². The summed E-state index contributed by atoms with van der Waals surface area (Å²) in [6.45, 7) is 18.0. The van der Waals surface area contributed by atoms with Crippen molar-refractivity contribution >= 4 is 32.4 Å². The van der Waals surface area contributed by atoms with E-state index >= 15 is 0 Å². The first-order chi connectivity index (χ1) is 12.1. The Kier molecular flexibility index (Phi) is 27.3. The van der Waals surface area contributed by atoms with Gasteiger partial charge in [-0.2, -0.15) is 11.1 Å². The molecular weight excluding hydrogens is 459 g/mol. The molecule has 0 amide bonds. The van der Waals surface area contributed by atoms with Crippen molar-refractivity contribution in [1.29, 1.82) is 0 Å². The summed E-state index contributed by atoms with van der Waals surface area (Å²) in [7, 11) is 1.86. The second kappa shape index (κ2) is 20.1. The molecule has 0 radical (unpaired) electrons. The van der Waals surface area contributed by atoms with E-state index < -0.39 is 0 Å². The van der Waals surface area contributed by atoms with Crippen LogP contribution in [0.3, 0.4) is 0 Å². The molecule has 2 rings (SSSR count). The van der Waals surface area contributed by atoms with Crippen LogP contribution in [-0.4, -0.2) is 7.63 Å². The first-order valence-electron chi connectivity index (χ1n) is 10.0.